The molecular weight excluding hydrogens is 441 g/mol. The van der Waals surface area contributed by atoms with Crippen molar-refractivity contribution >= 4 is 25.4 Å². The summed E-state index contributed by atoms with van der Waals surface area (Å²) in [5.41, 5.74) is 0. The Morgan fingerprint density at radius 3 is 2.16 bits per heavy atom. The molecule has 0 fully saturated rings. The molecule has 0 aromatic heterocycles. The number of benzene rings is 1. The number of phosphoric acid groups is 1. The van der Waals surface area contributed by atoms with Crippen LogP contribution >= 0.6 is 19.4 Å². The first kappa shape index (κ1) is 27.5. The summed E-state index contributed by atoms with van der Waals surface area (Å²) in [6.45, 7) is 0.194. The number of carbonyl (C=O) groups excluding carboxylic acids is 1. The SMILES string of the molecule is COC(=O)CCCCCCCCCCCOP(=O)(OCCC#N)Oc1ccccc1Cl. The number of para-hydroxylation sites is 1. The monoisotopic (exact) mass is 473 g/mol. The highest BCUT2D eigenvalue weighted by atomic mass is 35.5. The van der Waals surface area contributed by atoms with E-state index in [9.17, 15) is 9.36 Å². The fourth-order valence-electron chi connectivity index (χ4n) is 2.82. The molecule has 9 heteroatoms. The van der Waals surface area contributed by atoms with Crippen molar-refractivity contribution in [2.75, 3.05) is 20.3 Å². The van der Waals surface area contributed by atoms with Gasteiger partial charge in [0.1, 0.15) is 5.75 Å². The highest BCUT2D eigenvalue weighted by Crippen LogP contribution is 2.51. The lowest BCUT2D eigenvalue weighted by Gasteiger charge is -2.18. The third-order valence-corrected chi connectivity index (χ3v) is 6.24. The summed E-state index contributed by atoms with van der Waals surface area (Å²) >= 11 is 6.05. The van der Waals surface area contributed by atoms with Gasteiger partial charge in [0.15, 0.2) is 0 Å². The van der Waals surface area contributed by atoms with Gasteiger partial charge in [-0.25, -0.2) is 4.57 Å². The van der Waals surface area contributed by atoms with Gasteiger partial charge in [0.05, 0.1) is 37.8 Å². The predicted molar refractivity (Wildman–Crippen MR) is 120 cm³/mol. The van der Waals surface area contributed by atoms with Crippen molar-refractivity contribution in [3.63, 3.8) is 0 Å². The Morgan fingerprint density at radius 2 is 1.55 bits per heavy atom. The van der Waals surface area contributed by atoms with E-state index in [4.69, 9.17) is 30.4 Å². The lowest BCUT2D eigenvalue weighted by molar-refractivity contribution is -0.140. The van der Waals surface area contributed by atoms with Gasteiger partial charge in [-0.2, -0.15) is 5.26 Å². The number of phosphoric ester groups is 1. The number of hydrogen-bond acceptors (Lipinski definition) is 7. The van der Waals surface area contributed by atoms with Crippen LogP contribution in [0, 0.1) is 11.3 Å². The number of carbonyl (C=O) groups is 1. The molecule has 0 bridgehead atoms. The van der Waals surface area contributed by atoms with Crippen LogP contribution in [0.1, 0.15) is 70.6 Å². The van der Waals surface area contributed by atoms with Gasteiger partial charge in [0.2, 0.25) is 0 Å². The summed E-state index contributed by atoms with van der Waals surface area (Å²) in [5, 5.41) is 8.97. The van der Waals surface area contributed by atoms with Crippen LogP contribution in [0.15, 0.2) is 24.3 Å². The second kappa shape index (κ2) is 17.0. The first-order valence-corrected chi connectivity index (χ1v) is 12.6. The van der Waals surface area contributed by atoms with E-state index in [-0.39, 0.29) is 31.4 Å². The van der Waals surface area contributed by atoms with Crippen molar-refractivity contribution in [1.82, 2.24) is 0 Å². The number of ether oxygens (including phenoxy) is 1. The fourth-order valence-corrected chi connectivity index (χ4v) is 4.30. The number of unbranched alkanes of at least 4 members (excludes halogenated alkanes) is 8. The predicted octanol–water partition coefficient (Wildman–Crippen LogP) is 6.85. The molecule has 1 atom stereocenters. The number of methoxy groups -OCH3 is 1. The molecular formula is C22H33ClNO6P. The fraction of sp³-hybridized carbons (Fsp3) is 0.636. The smallest absolute Gasteiger partial charge is 0.469 e. The van der Waals surface area contributed by atoms with Crippen molar-refractivity contribution in [2.24, 2.45) is 0 Å². The summed E-state index contributed by atoms with van der Waals surface area (Å²) in [6.07, 6.45) is 9.84. The van der Waals surface area contributed by atoms with E-state index in [1.54, 1.807) is 24.3 Å². The highest BCUT2D eigenvalue weighted by molar-refractivity contribution is 7.48. The molecule has 0 N–H and O–H groups in total. The van der Waals surface area contributed by atoms with Gasteiger partial charge in [-0.05, 0) is 25.0 Å². The maximum atomic E-state index is 12.9. The summed E-state index contributed by atoms with van der Waals surface area (Å²) in [7, 11) is -2.44. The molecule has 0 aliphatic rings. The van der Waals surface area contributed by atoms with Crippen molar-refractivity contribution in [3.05, 3.63) is 29.3 Å². The number of rotatable bonds is 18. The van der Waals surface area contributed by atoms with Crippen LogP contribution in [0.25, 0.3) is 0 Å². The van der Waals surface area contributed by atoms with Crippen LogP contribution in [0.3, 0.4) is 0 Å². The molecule has 0 radical (unpaired) electrons. The number of hydrogen-bond donors (Lipinski definition) is 0. The van der Waals surface area contributed by atoms with Gasteiger partial charge in [-0.3, -0.25) is 13.8 Å². The van der Waals surface area contributed by atoms with Crippen molar-refractivity contribution in [2.45, 2.75) is 70.6 Å². The van der Waals surface area contributed by atoms with Crippen LogP contribution in [0.4, 0.5) is 0 Å². The second-order valence-electron chi connectivity index (χ2n) is 7.05. The van der Waals surface area contributed by atoms with Gasteiger partial charge >= 0.3 is 13.8 Å². The Morgan fingerprint density at radius 1 is 0.968 bits per heavy atom. The summed E-state index contributed by atoms with van der Waals surface area (Å²) in [6, 6.07) is 8.58. The van der Waals surface area contributed by atoms with E-state index < -0.39 is 7.82 Å². The van der Waals surface area contributed by atoms with Crippen LogP contribution in [-0.4, -0.2) is 26.3 Å². The molecule has 1 aromatic carbocycles. The maximum Gasteiger partial charge on any atom is 0.530 e. The minimum Gasteiger partial charge on any atom is -0.469 e. The van der Waals surface area contributed by atoms with Crippen LogP contribution in [0.2, 0.25) is 5.02 Å². The van der Waals surface area contributed by atoms with Gasteiger partial charge in [-0.1, -0.05) is 68.7 Å². The molecule has 7 nitrogen and oxygen atoms in total. The minimum absolute atomic E-state index is 0.0438. The first-order valence-electron chi connectivity index (χ1n) is 10.8. The summed E-state index contributed by atoms with van der Waals surface area (Å²) in [4.78, 5) is 11.0. The topological polar surface area (TPSA) is 94.9 Å². The lowest BCUT2D eigenvalue weighted by atomic mass is 10.1. The Labute approximate surface area is 190 Å². The van der Waals surface area contributed by atoms with E-state index in [2.05, 4.69) is 4.74 Å². The van der Waals surface area contributed by atoms with Crippen molar-refractivity contribution < 1.29 is 27.7 Å². The number of nitriles is 1. The zero-order valence-electron chi connectivity index (χ0n) is 18.2. The quantitative estimate of drug-likeness (QED) is 0.131. The molecule has 0 aliphatic heterocycles. The average molecular weight is 474 g/mol. The average Bonchev–Trinajstić information content (AvgIpc) is 2.76. The molecule has 31 heavy (non-hydrogen) atoms. The molecule has 0 spiro atoms. The Kier molecular flexibility index (Phi) is 15.1. The lowest BCUT2D eigenvalue weighted by Crippen LogP contribution is -2.05. The minimum atomic E-state index is -3.85. The molecule has 1 unspecified atom stereocenters. The molecule has 0 saturated carbocycles. The second-order valence-corrected chi connectivity index (χ2v) is 9.05. The molecule has 0 amide bonds. The zero-order chi connectivity index (χ0) is 22.8. The normalized spacial score (nSPS) is 12.7. The molecule has 0 saturated heterocycles. The van der Waals surface area contributed by atoms with Crippen LogP contribution < -0.4 is 4.52 Å². The van der Waals surface area contributed by atoms with Crippen LogP contribution in [-0.2, 0) is 23.1 Å². The Bertz CT molecular complexity index is 724. The van der Waals surface area contributed by atoms with Crippen molar-refractivity contribution in [1.29, 1.82) is 5.26 Å². The third kappa shape index (κ3) is 13.4. The van der Waals surface area contributed by atoms with Gasteiger partial charge in [0, 0.05) is 6.42 Å². The van der Waals surface area contributed by atoms with Crippen molar-refractivity contribution in [3.8, 4) is 11.8 Å². The van der Waals surface area contributed by atoms with E-state index in [0.717, 1.165) is 57.8 Å². The standard InChI is InChI=1S/C22H33ClNO6P/c1-27-22(25)16-9-7-5-3-2-4-6-8-12-18-28-31(26,29-19-13-17-24)30-21-15-11-10-14-20(21)23/h10-11,14-15H,2-9,12-13,16,18-19H2,1H3. The number of nitrogens with zero attached hydrogens (tertiary/aromatic N) is 1. The van der Waals surface area contributed by atoms with Crippen LogP contribution in [0.5, 0.6) is 5.75 Å². The number of esters is 1. The number of halogens is 1. The highest BCUT2D eigenvalue weighted by Gasteiger charge is 2.29. The molecule has 1 rings (SSSR count). The van der Waals surface area contributed by atoms with Gasteiger partial charge < -0.3 is 9.26 Å². The van der Waals surface area contributed by atoms with Gasteiger partial charge in [-0.15, -0.1) is 0 Å². The van der Waals surface area contributed by atoms with E-state index in [1.165, 1.54) is 7.11 Å². The van der Waals surface area contributed by atoms with E-state index >= 15 is 0 Å². The first-order chi connectivity index (χ1) is 15.0. The molecule has 0 aliphatic carbocycles. The Balaban J connectivity index is 2.19. The van der Waals surface area contributed by atoms with E-state index in [0.29, 0.717) is 11.4 Å². The largest absolute Gasteiger partial charge is 0.530 e. The molecule has 1 aromatic rings. The summed E-state index contributed by atoms with van der Waals surface area (Å²) < 4.78 is 33.6. The zero-order valence-corrected chi connectivity index (χ0v) is 19.9. The molecule has 174 valence electrons. The maximum absolute atomic E-state index is 12.9. The Hall–Kier alpha value is -1.58. The molecule has 0 heterocycles. The summed E-state index contributed by atoms with van der Waals surface area (Å²) in [5.74, 6) is 0.0792. The van der Waals surface area contributed by atoms with E-state index in [1.807, 2.05) is 6.07 Å². The third-order valence-electron chi connectivity index (χ3n) is 4.51. The van der Waals surface area contributed by atoms with Gasteiger partial charge in [0.25, 0.3) is 0 Å².